The quantitative estimate of drug-likeness (QED) is 0.371. The Morgan fingerprint density at radius 1 is 0.969 bits per heavy atom. The first-order chi connectivity index (χ1) is 15.4. The van der Waals surface area contributed by atoms with Crippen molar-refractivity contribution < 1.29 is 19.0 Å². The van der Waals surface area contributed by atoms with Crippen LogP contribution in [0.3, 0.4) is 0 Å². The molecular weight excluding hydrogens is 428 g/mol. The first-order valence-electron chi connectivity index (χ1n) is 9.95. The number of amides is 1. The van der Waals surface area contributed by atoms with Crippen molar-refractivity contribution in [2.24, 2.45) is 5.10 Å². The van der Waals surface area contributed by atoms with Crippen molar-refractivity contribution in [3.8, 4) is 17.2 Å². The fourth-order valence-electron chi connectivity index (χ4n) is 3.11. The summed E-state index contributed by atoms with van der Waals surface area (Å²) in [5.41, 5.74) is 6.57. The third-order valence-corrected chi connectivity index (χ3v) is 5.44. The number of rotatable bonds is 8. The number of hydrogen-bond acceptors (Lipinski definition) is 5. The van der Waals surface area contributed by atoms with Crippen LogP contribution in [-0.4, -0.2) is 26.3 Å². The van der Waals surface area contributed by atoms with Crippen LogP contribution in [0.25, 0.3) is 0 Å². The number of benzene rings is 3. The highest BCUT2D eigenvalue weighted by molar-refractivity contribution is 6.32. The summed E-state index contributed by atoms with van der Waals surface area (Å²) in [5.74, 6) is 1.81. The van der Waals surface area contributed by atoms with E-state index < -0.39 is 0 Å². The molecule has 0 bridgehead atoms. The summed E-state index contributed by atoms with van der Waals surface area (Å²) in [5, 5.41) is 4.80. The Hall–Kier alpha value is -3.51. The lowest BCUT2D eigenvalue weighted by Gasteiger charge is -2.13. The Labute approximate surface area is 192 Å². The van der Waals surface area contributed by atoms with Crippen molar-refractivity contribution in [2.45, 2.75) is 20.5 Å². The number of hydrogen-bond donors (Lipinski definition) is 1. The molecule has 0 spiro atoms. The van der Waals surface area contributed by atoms with E-state index in [9.17, 15) is 4.79 Å². The number of hydrazone groups is 1. The van der Waals surface area contributed by atoms with Crippen molar-refractivity contribution in [2.75, 3.05) is 14.2 Å². The number of carbonyl (C=O) groups is 1. The van der Waals surface area contributed by atoms with Gasteiger partial charge >= 0.3 is 0 Å². The fraction of sp³-hybridized carbons (Fsp3) is 0.200. The van der Waals surface area contributed by atoms with Crippen LogP contribution in [0.5, 0.6) is 17.2 Å². The SMILES string of the molecule is COc1ccc(C(=O)N/N=C\c2ccc(OC)c(COc3cc(C)c(Cl)c(C)c3)c2)cc1. The molecule has 0 saturated heterocycles. The van der Waals surface area contributed by atoms with Gasteiger partial charge in [-0.15, -0.1) is 0 Å². The Morgan fingerprint density at radius 3 is 2.28 bits per heavy atom. The van der Waals surface area contributed by atoms with Crippen molar-refractivity contribution >= 4 is 23.7 Å². The van der Waals surface area contributed by atoms with Crippen LogP contribution < -0.4 is 19.6 Å². The molecule has 7 heteroatoms. The highest BCUT2D eigenvalue weighted by Crippen LogP contribution is 2.27. The van der Waals surface area contributed by atoms with E-state index in [-0.39, 0.29) is 5.91 Å². The highest BCUT2D eigenvalue weighted by Gasteiger charge is 2.08. The molecule has 6 nitrogen and oxygen atoms in total. The van der Waals surface area contributed by atoms with Gasteiger partial charge in [-0.1, -0.05) is 11.6 Å². The lowest BCUT2D eigenvalue weighted by molar-refractivity contribution is 0.0955. The molecule has 0 radical (unpaired) electrons. The standard InChI is InChI=1S/C25H25ClN2O4/c1-16-11-22(12-17(2)24(16)26)32-15-20-13-18(5-10-23(20)31-4)14-27-28-25(29)19-6-8-21(30-3)9-7-19/h5-14H,15H2,1-4H3,(H,28,29)/b27-14-. The summed E-state index contributed by atoms with van der Waals surface area (Å²) >= 11 is 6.23. The third kappa shape index (κ3) is 5.80. The zero-order valence-electron chi connectivity index (χ0n) is 18.4. The summed E-state index contributed by atoms with van der Waals surface area (Å²) in [4.78, 5) is 12.2. The smallest absolute Gasteiger partial charge is 0.271 e. The number of carbonyl (C=O) groups excluding carboxylic acids is 1. The minimum absolute atomic E-state index is 0.309. The van der Waals surface area contributed by atoms with E-state index in [4.69, 9.17) is 25.8 Å². The number of halogens is 1. The molecule has 0 unspecified atom stereocenters. The fourth-order valence-corrected chi connectivity index (χ4v) is 3.22. The number of nitrogens with zero attached hydrogens (tertiary/aromatic N) is 1. The van der Waals surface area contributed by atoms with Gasteiger partial charge in [-0.3, -0.25) is 4.79 Å². The molecule has 0 fully saturated rings. The number of methoxy groups -OCH3 is 2. The molecule has 0 aliphatic carbocycles. The average molecular weight is 453 g/mol. The maximum Gasteiger partial charge on any atom is 0.271 e. The summed E-state index contributed by atoms with van der Waals surface area (Å²) in [6, 6.07) is 16.2. The minimum Gasteiger partial charge on any atom is -0.497 e. The molecule has 0 aromatic heterocycles. The predicted octanol–water partition coefficient (Wildman–Crippen LogP) is 5.32. The summed E-state index contributed by atoms with van der Waals surface area (Å²) in [6.45, 7) is 4.20. The second kappa shape index (κ2) is 10.7. The van der Waals surface area contributed by atoms with Crippen LogP contribution in [-0.2, 0) is 6.61 Å². The molecule has 0 aliphatic rings. The van der Waals surface area contributed by atoms with Crippen LogP contribution in [0.2, 0.25) is 5.02 Å². The predicted molar refractivity (Wildman–Crippen MR) is 126 cm³/mol. The van der Waals surface area contributed by atoms with Crippen molar-refractivity contribution in [1.29, 1.82) is 0 Å². The topological polar surface area (TPSA) is 69.2 Å². The van der Waals surface area contributed by atoms with Gasteiger partial charge in [0.15, 0.2) is 0 Å². The lowest BCUT2D eigenvalue weighted by Crippen LogP contribution is -2.17. The first-order valence-corrected chi connectivity index (χ1v) is 10.3. The lowest BCUT2D eigenvalue weighted by atomic mass is 10.1. The molecule has 0 aliphatic heterocycles. The summed E-state index contributed by atoms with van der Waals surface area (Å²) < 4.78 is 16.5. The van der Waals surface area contributed by atoms with Crippen LogP contribution in [0.15, 0.2) is 59.7 Å². The zero-order valence-corrected chi connectivity index (χ0v) is 19.2. The van der Waals surface area contributed by atoms with E-state index in [1.165, 1.54) is 0 Å². The van der Waals surface area contributed by atoms with Gasteiger partial charge in [-0.2, -0.15) is 5.10 Å². The Kier molecular flexibility index (Phi) is 7.73. The zero-order chi connectivity index (χ0) is 23.1. The number of aryl methyl sites for hydroxylation is 2. The van der Waals surface area contributed by atoms with Gasteiger partial charge in [0, 0.05) is 16.1 Å². The second-order valence-corrected chi connectivity index (χ2v) is 7.54. The van der Waals surface area contributed by atoms with E-state index in [1.54, 1.807) is 44.7 Å². The molecule has 3 aromatic rings. The molecule has 0 heterocycles. The van der Waals surface area contributed by atoms with E-state index in [0.717, 1.165) is 33.0 Å². The van der Waals surface area contributed by atoms with E-state index >= 15 is 0 Å². The van der Waals surface area contributed by atoms with Gasteiger partial charge in [-0.05, 0) is 85.1 Å². The molecule has 1 N–H and O–H groups in total. The Balaban J connectivity index is 1.67. The molecule has 1 amide bonds. The maximum absolute atomic E-state index is 12.2. The van der Waals surface area contributed by atoms with Crippen LogP contribution in [0.1, 0.15) is 32.6 Å². The normalized spacial score (nSPS) is 10.8. The van der Waals surface area contributed by atoms with E-state index in [0.29, 0.717) is 23.7 Å². The van der Waals surface area contributed by atoms with Gasteiger partial charge in [0.1, 0.15) is 23.9 Å². The van der Waals surface area contributed by atoms with Crippen LogP contribution >= 0.6 is 11.6 Å². The highest BCUT2D eigenvalue weighted by atomic mass is 35.5. The van der Waals surface area contributed by atoms with E-state index in [2.05, 4.69) is 10.5 Å². The van der Waals surface area contributed by atoms with Gasteiger partial charge < -0.3 is 14.2 Å². The number of ether oxygens (including phenoxy) is 3. The maximum atomic E-state index is 12.2. The molecule has 32 heavy (non-hydrogen) atoms. The monoisotopic (exact) mass is 452 g/mol. The van der Waals surface area contributed by atoms with Crippen LogP contribution in [0.4, 0.5) is 0 Å². The number of nitrogens with one attached hydrogen (secondary N) is 1. The van der Waals surface area contributed by atoms with Crippen molar-refractivity contribution in [3.63, 3.8) is 0 Å². The van der Waals surface area contributed by atoms with Gasteiger partial charge in [-0.25, -0.2) is 5.43 Å². The van der Waals surface area contributed by atoms with Gasteiger partial charge in [0.25, 0.3) is 5.91 Å². The molecule has 0 saturated carbocycles. The summed E-state index contributed by atoms with van der Waals surface area (Å²) in [6.07, 6.45) is 1.57. The van der Waals surface area contributed by atoms with Crippen LogP contribution in [0, 0.1) is 13.8 Å². The van der Waals surface area contributed by atoms with Crippen molar-refractivity contribution in [3.05, 3.63) is 87.4 Å². The first kappa shape index (κ1) is 23.2. The minimum atomic E-state index is -0.311. The summed E-state index contributed by atoms with van der Waals surface area (Å²) in [7, 11) is 3.18. The molecule has 3 aromatic carbocycles. The largest absolute Gasteiger partial charge is 0.497 e. The molecular formula is C25H25ClN2O4. The van der Waals surface area contributed by atoms with Gasteiger partial charge in [0.05, 0.1) is 20.4 Å². The molecule has 3 rings (SSSR count). The molecule has 166 valence electrons. The Morgan fingerprint density at radius 2 is 1.66 bits per heavy atom. The van der Waals surface area contributed by atoms with Gasteiger partial charge in [0.2, 0.25) is 0 Å². The van der Waals surface area contributed by atoms with Crippen molar-refractivity contribution in [1.82, 2.24) is 5.43 Å². The second-order valence-electron chi connectivity index (χ2n) is 7.16. The van der Waals surface area contributed by atoms with E-state index in [1.807, 2.05) is 44.2 Å². The average Bonchev–Trinajstić information content (AvgIpc) is 2.81. The third-order valence-electron chi connectivity index (χ3n) is 4.84. The molecule has 0 atom stereocenters. The Bertz CT molecular complexity index is 1100.